The third-order valence-electron chi connectivity index (χ3n) is 3.10. The summed E-state index contributed by atoms with van der Waals surface area (Å²) >= 11 is 11.8. The van der Waals surface area contributed by atoms with Crippen molar-refractivity contribution in [3.05, 3.63) is 28.2 Å². The van der Waals surface area contributed by atoms with Crippen molar-refractivity contribution in [3.8, 4) is 0 Å². The van der Waals surface area contributed by atoms with Crippen LogP contribution in [0.25, 0.3) is 0 Å². The van der Waals surface area contributed by atoms with Gasteiger partial charge in [-0.15, -0.1) is 0 Å². The van der Waals surface area contributed by atoms with Crippen molar-refractivity contribution in [1.82, 2.24) is 15.5 Å². The zero-order valence-corrected chi connectivity index (χ0v) is 12.6. The highest BCUT2D eigenvalue weighted by Gasteiger charge is 2.10. The minimum atomic E-state index is -0.274. The van der Waals surface area contributed by atoms with Crippen LogP contribution < -0.4 is 16.0 Å². The molecule has 2 rings (SSSR count). The number of amides is 2. The van der Waals surface area contributed by atoms with E-state index in [1.807, 2.05) is 0 Å². The number of anilines is 1. The minimum absolute atomic E-state index is 0.274. The van der Waals surface area contributed by atoms with E-state index in [9.17, 15) is 4.79 Å². The molecule has 0 bridgehead atoms. The Labute approximate surface area is 128 Å². The van der Waals surface area contributed by atoms with Gasteiger partial charge in [0.25, 0.3) is 0 Å². The Morgan fingerprint density at radius 2 is 2.05 bits per heavy atom. The van der Waals surface area contributed by atoms with E-state index in [2.05, 4.69) is 20.9 Å². The summed E-state index contributed by atoms with van der Waals surface area (Å²) in [7, 11) is 0. The van der Waals surface area contributed by atoms with Gasteiger partial charge in [-0.3, -0.25) is 4.90 Å². The minimum Gasteiger partial charge on any atom is -0.337 e. The Balaban J connectivity index is 1.73. The molecular formula is C13H18Cl2N4O. The highest BCUT2D eigenvalue weighted by molar-refractivity contribution is 6.35. The van der Waals surface area contributed by atoms with Crippen LogP contribution in [0.3, 0.4) is 0 Å². The van der Waals surface area contributed by atoms with Crippen molar-refractivity contribution in [2.75, 3.05) is 44.6 Å². The van der Waals surface area contributed by atoms with E-state index < -0.39 is 0 Å². The number of hydrogen-bond acceptors (Lipinski definition) is 3. The van der Waals surface area contributed by atoms with Crippen LogP contribution >= 0.6 is 23.2 Å². The summed E-state index contributed by atoms with van der Waals surface area (Å²) in [5.41, 5.74) is 0.513. The third kappa shape index (κ3) is 4.83. The lowest BCUT2D eigenvalue weighted by atomic mass is 10.3. The smallest absolute Gasteiger partial charge is 0.319 e. The summed E-state index contributed by atoms with van der Waals surface area (Å²) in [6.45, 7) is 5.49. The van der Waals surface area contributed by atoms with Gasteiger partial charge in [-0.05, 0) is 18.2 Å². The Morgan fingerprint density at radius 3 is 2.80 bits per heavy atom. The zero-order valence-electron chi connectivity index (χ0n) is 11.1. The van der Waals surface area contributed by atoms with Crippen molar-refractivity contribution >= 4 is 34.9 Å². The summed E-state index contributed by atoms with van der Waals surface area (Å²) in [4.78, 5) is 14.1. The summed E-state index contributed by atoms with van der Waals surface area (Å²) < 4.78 is 0. The SMILES string of the molecule is O=C(NCCN1CCNCC1)Nc1cc(Cl)ccc1Cl. The first-order valence-corrected chi connectivity index (χ1v) is 7.34. The molecule has 0 atom stereocenters. The van der Waals surface area contributed by atoms with Crippen LogP contribution in [0.2, 0.25) is 10.0 Å². The number of halogens is 2. The van der Waals surface area contributed by atoms with Crippen LogP contribution in [0, 0.1) is 0 Å². The molecule has 1 aromatic carbocycles. The highest BCUT2D eigenvalue weighted by atomic mass is 35.5. The molecule has 5 nitrogen and oxygen atoms in total. The lowest BCUT2D eigenvalue weighted by Gasteiger charge is -2.27. The van der Waals surface area contributed by atoms with Crippen molar-refractivity contribution in [3.63, 3.8) is 0 Å². The lowest BCUT2D eigenvalue weighted by molar-refractivity contribution is 0.233. The van der Waals surface area contributed by atoms with Gasteiger partial charge in [-0.25, -0.2) is 4.79 Å². The molecular weight excluding hydrogens is 299 g/mol. The number of benzene rings is 1. The summed E-state index contributed by atoms with van der Waals surface area (Å²) in [5.74, 6) is 0. The molecule has 1 aromatic rings. The second kappa shape index (κ2) is 7.69. The zero-order chi connectivity index (χ0) is 14.4. The van der Waals surface area contributed by atoms with E-state index in [-0.39, 0.29) is 6.03 Å². The van der Waals surface area contributed by atoms with E-state index in [1.54, 1.807) is 18.2 Å². The molecule has 0 aliphatic carbocycles. The van der Waals surface area contributed by atoms with Gasteiger partial charge in [0, 0.05) is 44.3 Å². The van der Waals surface area contributed by atoms with E-state index >= 15 is 0 Å². The van der Waals surface area contributed by atoms with Gasteiger partial charge >= 0.3 is 6.03 Å². The molecule has 1 saturated heterocycles. The van der Waals surface area contributed by atoms with Crippen LogP contribution in [0.5, 0.6) is 0 Å². The van der Waals surface area contributed by atoms with Crippen LogP contribution in [-0.4, -0.2) is 50.2 Å². The molecule has 1 heterocycles. The number of nitrogens with one attached hydrogen (secondary N) is 3. The van der Waals surface area contributed by atoms with Crippen LogP contribution in [-0.2, 0) is 0 Å². The molecule has 0 aromatic heterocycles. The van der Waals surface area contributed by atoms with Crippen LogP contribution in [0.4, 0.5) is 10.5 Å². The molecule has 1 aliphatic heterocycles. The van der Waals surface area contributed by atoms with Gasteiger partial charge < -0.3 is 16.0 Å². The molecule has 20 heavy (non-hydrogen) atoms. The first-order chi connectivity index (χ1) is 9.65. The fraction of sp³-hybridized carbons (Fsp3) is 0.462. The first kappa shape index (κ1) is 15.4. The summed E-state index contributed by atoms with van der Waals surface area (Å²) in [5, 5.41) is 9.79. The molecule has 0 saturated carbocycles. The molecule has 0 radical (unpaired) electrons. The van der Waals surface area contributed by atoms with Crippen molar-refractivity contribution in [1.29, 1.82) is 0 Å². The molecule has 2 amide bonds. The van der Waals surface area contributed by atoms with Crippen LogP contribution in [0.15, 0.2) is 18.2 Å². The molecule has 3 N–H and O–H groups in total. The van der Waals surface area contributed by atoms with E-state index in [0.717, 1.165) is 32.7 Å². The Hall–Kier alpha value is -1.01. The molecule has 0 spiro atoms. The maximum atomic E-state index is 11.8. The van der Waals surface area contributed by atoms with Crippen molar-refractivity contribution in [2.45, 2.75) is 0 Å². The standard InChI is InChI=1S/C13H18Cl2N4O/c14-10-1-2-11(15)12(9-10)18-13(20)17-5-8-19-6-3-16-4-7-19/h1-2,9,16H,3-8H2,(H2,17,18,20). The van der Waals surface area contributed by atoms with Gasteiger partial charge in [-0.2, -0.15) is 0 Å². The Morgan fingerprint density at radius 1 is 1.30 bits per heavy atom. The number of urea groups is 1. The van der Waals surface area contributed by atoms with Gasteiger partial charge in [0.05, 0.1) is 10.7 Å². The summed E-state index contributed by atoms with van der Waals surface area (Å²) in [6, 6.07) is 4.68. The Kier molecular flexibility index (Phi) is 5.91. The predicted molar refractivity (Wildman–Crippen MR) is 82.8 cm³/mol. The number of rotatable bonds is 4. The quantitative estimate of drug-likeness (QED) is 0.796. The fourth-order valence-electron chi connectivity index (χ4n) is 2.02. The lowest BCUT2D eigenvalue weighted by Crippen LogP contribution is -2.46. The first-order valence-electron chi connectivity index (χ1n) is 6.58. The molecule has 110 valence electrons. The normalized spacial score (nSPS) is 15.9. The topological polar surface area (TPSA) is 56.4 Å². The predicted octanol–water partition coefficient (Wildman–Crippen LogP) is 2.02. The average Bonchev–Trinajstić information content (AvgIpc) is 2.44. The van der Waals surface area contributed by atoms with E-state index in [0.29, 0.717) is 22.3 Å². The van der Waals surface area contributed by atoms with Gasteiger partial charge in [-0.1, -0.05) is 23.2 Å². The van der Waals surface area contributed by atoms with E-state index in [4.69, 9.17) is 23.2 Å². The second-order valence-electron chi connectivity index (χ2n) is 4.60. The second-order valence-corrected chi connectivity index (χ2v) is 5.44. The maximum Gasteiger partial charge on any atom is 0.319 e. The largest absolute Gasteiger partial charge is 0.337 e. The third-order valence-corrected chi connectivity index (χ3v) is 3.66. The fourth-order valence-corrected chi connectivity index (χ4v) is 2.36. The average molecular weight is 317 g/mol. The van der Waals surface area contributed by atoms with Crippen LogP contribution in [0.1, 0.15) is 0 Å². The highest BCUT2D eigenvalue weighted by Crippen LogP contribution is 2.25. The molecule has 1 aliphatic rings. The number of nitrogens with zero attached hydrogens (tertiary/aromatic N) is 1. The monoisotopic (exact) mass is 316 g/mol. The number of piperazine rings is 1. The van der Waals surface area contributed by atoms with Crippen molar-refractivity contribution < 1.29 is 4.79 Å². The Bertz CT molecular complexity index is 464. The van der Waals surface area contributed by atoms with Gasteiger partial charge in [0.1, 0.15) is 0 Å². The van der Waals surface area contributed by atoms with Gasteiger partial charge in [0.15, 0.2) is 0 Å². The summed E-state index contributed by atoms with van der Waals surface area (Å²) in [6.07, 6.45) is 0. The van der Waals surface area contributed by atoms with Gasteiger partial charge in [0.2, 0.25) is 0 Å². The number of hydrogen-bond donors (Lipinski definition) is 3. The molecule has 0 unspecified atom stereocenters. The number of carbonyl (C=O) groups excluding carboxylic acids is 1. The molecule has 1 fully saturated rings. The van der Waals surface area contributed by atoms with Crippen molar-refractivity contribution in [2.24, 2.45) is 0 Å². The number of carbonyl (C=O) groups is 1. The maximum absolute atomic E-state index is 11.8. The molecule has 7 heteroatoms. The van der Waals surface area contributed by atoms with E-state index in [1.165, 1.54) is 0 Å².